The van der Waals surface area contributed by atoms with E-state index >= 15 is 0 Å². The van der Waals surface area contributed by atoms with Gasteiger partial charge in [0.25, 0.3) is 0 Å². The van der Waals surface area contributed by atoms with Crippen molar-refractivity contribution in [2.75, 3.05) is 18.6 Å². The third kappa shape index (κ3) is 3.83. The molecular formula is C18H27BFNO4S. The number of nitrogens with zero attached hydrogens (tertiary/aromatic N) is 1. The van der Waals surface area contributed by atoms with Gasteiger partial charge in [-0.15, -0.1) is 0 Å². The van der Waals surface area contributed by atoms with Gasteiger partial charge in [0.2, 0.25) is 0 Å². The predicted octanol–water partition coefficient (Wildman–Crippen LogP) is 1.74. The minimum atomic E-state index is -2.95. The van der Waals surface area contributed by atoms with E-state index < -0.39 is 28.2 Å². The first-order valence-corrected chi connectivity index (χ1v) is 10.8. The summed E-state index contributed by atoms with van der Waals surface area (Å²) in [5.74, 6) is 0.0658. The minimum absolute atomic E-state index is 0.0174. The van der Waals surface area contributed by atoms with Crippen LogP contribution in [0, 0.1) is 5.82 Å². The largest absolute Gasteiger partial charge is 0.495 e. The van der Waals surface area contributed by atoms with Crippen molar-refractivity contribution in [3.63, 3.8) is 0 Å². The lowest BCUT2D eigenvalue weighted by molar-refractivity contribution is 0.00578. The Labute approximate surface area is 155 Å². The molecule has 1 aromatic carbocycles. The smallest absolute Gasteiger partial charge is 0.399 e. The molecule has 8 heteroatoms. The third-order valence-corrected chi connectivity index (χ3v) is 7.62. The monoisotopic (exact) mass is 383 g/mol. The van der Waals surface area contributed by atoms with E-state index in [1.165, 1.54) is 12.1 Å². The van der Waals surface area contributed by atoms with E-state index in [1.54, 1.807) is 6.07 Å². The summed E-state index contributed by atoms with van der Waals surface area (Å²) in [6.45, 7) is 8.35. The highest BCUT2D eigenvalue weighted by Crippen LogP contribution is 2.36. The molecule has 0 aromatic heterocycles. The average Bonchev–Trinajstić information content (AvgIpc) is 2.97. The summed E-state index contributed by atoms with van der Waals surface area (Å²) in [6.07, 6.45) is 0.631. The van der Waals surface area contributed by atoms with Crippen molar-refractivity contribution < 1.29 is 22.1 Å². The predicted molar refractivity (Wildman–Crippen MR) is 101 cm³/mol. The zero-order chi connectivity index (χ0) is 19.3. The van der Waals surface area contributed by atoms with Gasteiger partial charge < -0.3 is 9.31 Å². The Morgan fingerprint density at radius 3 is 2.38 bits per heavy atom. The molecule has 0 spiro atoms. The highest BCUT2D eigenvalue weighted by atomic mass is 32.2. The molecule has 3 rings (SSSR count). The van der Waals surface area contributed by atoms with Gasteiger partial charge in [0.1, 0.15) is 5.82 Å². The minimum Gasteiger partial charge on any atom is -0.399 e. The number of rotatable bonds is 4. The van der Waals surface area contributed by atoms with Crippen LogP contribution in [0.1, 0.15) is 39.7 Å². The summed E-state index contributed by atoms with van der Waals surface area (Å²) in [5.41, 5.74) is 0.535. The number of halogens is 1. The quantitative estimate of drug-likeness (QED) is 0.742. The molecule has 2 fully saturated rings. The molecule has 2 aliphatic heterocycles. The van der Waals surface area contributed by atoms with Crippen molar-refractivity contribution in [1.29, 1.82) is 0 Å². The van der Waals surface area contributed by atoms with E-state index in [9.17, 15) is 12.8 Å². The molecule has 0 aliphatic carbocycles. The maximum absolute atomic E-state index is 13.9. The van der Waals surface area contributed by atoms with Gasteiger partial charge in [-0.25, -0.2) is 12.8 Å². The van der Waals surface area contributed by atoms with Crippen LogP contribution in [0.5, 0.6) is 0 Å². The Bertz CT molecular complexity index is 780. The molecule has 2 heterocycles. The molecular weight excluding hydrogens is 356 g/mol. The molecule has 144 valence electrons. The van der Waals surface area contributed by atoms with Gasteiger partial charge in [-0.1, -0.05) is 6.07 Å². The molecule has 0 saturated carbocycles. The Morgan fingerprint density at radius 1 is 1.23 bits per heavy atom. The summed E-state index contributed by atoms with van der Waals surface area (Å²) in [7, 11) is -1.69. The Balaban J connectivity index is 1.83. The number of sulfone groups is 1. The van der Waals surface area contributed by atoms with Crippen LogP contribution in [-0.2, 0) is 25.7 Å². The molecule has 0 amide bonds. The van der Waals surface area contributed by atoms with Crippen LogP contribution in [0.4, 0.5) is 4.39 Å². The van der Waals surface area contributed by atoms with E-state index in [-0.39, 0.29) is 23.4 Å². The summed E-state index contributed by atoms with van der Waals surface area (Å²) in [5, 5.41) is 0. The van der Waals surface area contributed by atoms with Crippen molar-refractivity contribution in [3.05, 3.63) is 29.6 Å². The van der Waals surface area contributed by atoms with E-state index in [0.717, 1.165) is 5.56 Å². The molecule has 26 heavy (non-hydrogen) atoms. The lowest BCUT2D eigenvalue weighted by Gasteiger charge is -2.32. The van der Waals surface area contributed by atoms with Gasteiger partial charge in [-0.05, 0) is 64.3 Å². The lowest BCUT2D eigenvalue weighted by Crippen LogP contribution is -2.41. The molecule has 0 N–H and O–H groups in total. The van der Waals surface area contributed by atoms with Gasteiger partial charge in [-0.2, -0.15) is 0 Å². The van der Waals surface area contributed by atoms with Crippen molar-refractivity contribution in [2.24, 2.45) is 0 Å². The fraction of sp³-hybridized carbons (Fsp3) is 0.667. The summed E-state index contributed by atoms with van der Waals surface area (Å²) >= 11 is 0. The van der Waals surface area contributed by atoms with Gasteiger partial charge in [0.05, 0.1) is 22.7 Å². The second-order valence-corrected chi connectivity index (χ2v) is 10.6. The first-order valence-electron chi connectivity index (χ1n) is 8.95. The molecule has 1 unspecified atom stereocenters. The van der Waals surface area contributed by atoms with Crippen molar-refractivity contribution >= 4 is 22.4 Å². The zero-order valence-electron chi connectivity index (χ0n) is 16.1. The first-order chi connectivity index (χ1) is 11.9. The molecule has 1 aromatic rings. The van der Waals surface area contributed by atoms with E-state index in [1.807, 2.05) is 39.6 Å². The second kappa shape index (κ2) is 6.58. The molecule has 1 atom stereocenters. The van der Waals surface area contributed by atoms with Gasteiger partial charge in [0.15, 0.2) is 9.84 Å². The Kier molecular flexibility index (Phi) is 5.01. The molecule has 2 aliphatic rings. The molecule has 0 radical (unpaired) electrons. The van der Waals surface area contributed by atoms with Crippen LogP contribution in [-0.4, -0.2) is 56.2 Å². The maximum Gasteiger partial charge on any atom is 0.495 e. The molecule has 5 nitrogen and oxygen atoms in total. The van der Waals surface area contributed by atoms with Crippen molar-refractivity contribution in [3.8, 4) is 0 Å². The third-order valence-electron chi connectivity index (χ3n) is 5.87. The fourth-order valence-electron chi connectivity index (χ4n) is 3.42. The standard InChI is InChI=1S/C18H27BFNO4S/c1-17(2)18(3,4)25-19(24-17)16-10-14(20)7-6-13(16)11-21(5)15-8-9-26(22,23)12-15/h6-7,10,15H,8-9,11-12H2,1-5H3. The van der Waals surface area contributed by atoms with E-state index in [4.69, 9.17) is 9.31 Å². The van der Waals surface area contributed by atoms with Crippen molar-refractivity contribution in [1.82, 2.24) is 4.90 Å². The van der Waals surface area contributed by atoms with Gasteiger partial charge >= 0.3 is 7.12 Å². The van der Waals surface area contributed by atoms with Crippen LogP contribution in [0.25, 0.3) is 0 Å². The summed E-state index contributed by atoms with van der Waals surface area (Å²) < 4.78 is 49.6. The fourth-order valence-corrected chi connectivity index (χ4v) is 5.23. The normalized spacial score (nSPS) is 26.6. The number of hydrogen-bond acceptors (Lipinski definition) is 5. The topological polar surface area (TPSA) is 55.8 Å². The number of hydrogen-bond donors (Lipinski definition) is 0. The van der Waals surface area contributed by atoms with Gasteiger partial charge in [-0.3, -0.25) is 4.90 Å². The lowest BCUT2D eigenvalue weighted by atomic mass is 9.75. The summed E-state index contributed by atoms with van der Waals surface area (Å²) in [4.78, 5) is 2.02. The second-order valence-electron chi connectivity index (χ2n) is 8.40. The Hall–Kier alpha value is -0.955. The van der Waals surface area contributed by atoms with Crippen molar-refractivity contribution in [2.45, 2.75) is 57.9 Å². The van der Waals surface area contributed by atoms with Gasteiger partial charge in [0, 0.05) is 12.6 Å². The van der Waals surface area contributed by atoms with Crippen LogP contribution in [0.3, 0.4) is 0 Å². The number of benzene rings is 1. The highest BCUT2D eigenvalue weighted by Gasteiger charge is 2.52. The SMILES string of the molecule is CN(Cc1ccc(F)cc1B1OC(C)(C)C(C)(C)O1)C1CCS(=O)(=O)C1. The first kappa shape index (κ1) is 19.8. The Morgan fingerprint density at radius 2 is 1.85 bits per heavy atom. The molecule has 2 saturated heterocycles. The van der Waals surface area contributed by atoms with E-state index in [0.29, 0.717) is 18.4 Å². The highest BCUT2D eigenvalue weighted by molar-refractivity contribution is 7.91. The average molecular weight is 383 g/mol. The molecule has 0 bridgehead atoms. The van der Waals surface area contributed by atoms with Crippen LogP contribution < -0.4 is 5.46 Å². The van der Waals surface area contributed by atoms with Crippen LogP contribution in [0.15, 0.2) is 18.2 Å². The van der Waals surface area contributed by atoms with E-state index in [2.05, 4.69) is 0 Å². The zero-order valence-corrected chi connectivity index (χ0v) is 16.9. The summed E-state index contributed by atoms with van der Waals surface area (Å²) in [6, 6.07) is 4.59. The van der Waals surface area contributed by atoms with Crippen LogP contribution >= 0.6 is 0 Å². The van der Waals surface area contributed by atoms with Crippen LogP contribution in [0.2, 0.25) is 0 Å². The maximum atomic E-state index is 13.9.